The maximum atomic E-state index is 5.09. The van der Waals surface area contributed by atoms with E-state index < -0.39 is 0 Å². The lowest BCUT2D eigenvalue weighted by atomic mass is 10.5. The summed E-state index contributed by atoms with van der Waals surface area (Å²) >= 11 is 8.53. The summed E-state index contributed by atoms with van der Waals surface area (Å²) in [5.41, 5.74) is 0. The van der Waals surface area contributed by atoms with Gasteiger partial charge in [0.25, 0.3) is 0 Å². The van der Waals surface area contributed by atoms with Crippen LogP contribution in [0.15, 0.2) is 0 Å². The fourth-order valence-corrected chi connectivity index (χ4v) is 0.381. The highest BCUT2D eigenvalue weighted by Crippen LogP contribution is 1.90. The Bertz CT molecular complexity index is 80.5. The van der Waals surface area contributed by atoms with Crippen LogP contribution in [0.2, 0.25) is 0 Å². The van der Waals surface area contributed by atoms with Gasteiger partial charge in [-0.15, -0.1) is 12.6 Å². The summed E-state index contributed by atoms with van der Waals surface area (Å²) in [7, 11) is 0. The van der Waals surface area contributed by atoms with Crippen molar-refractivity contribution in [2.24, 2.45) is 0 Å². The van der Waals surface area contributed by atoms with E-state index in [0.717, 1.165) is 0 Å². The molecule has 0 aromatic heterocycles. The number of hydrogen-bond donors (Lipinski definition) is 1. The van der Waals surface area contributed by atoms with E-state index in [-0.39, 0.29) is 6.10 Å². The maximum absolute atomic E-state index is 5.09. The molecule has 0 radical (unpaired) electrons. The standard InChI is InChI=1S/C5H10OS2/c1-4(2)6-3-5(7)8/h4H,3H2,1-2H3,(H,7,8). The zero-order chi connectivity index (χ0) is 6.57. The maximum Gasteiger partial charge on any atom is 0.0878 e. The summed E-state index contributed by atoms with van der Waals surface area (Å²) in [5.74, 6) is 0. The number of hydrogen-bond acceptors (Lipinski definition) is 2. The molecule has 0 aliphatic rings. The van der Waals surface area contributed by atoms with Gasteiger partial charge in [0.15, 0.2) is 0 Å². The van der Waals surface area contributed by atoms with Gasteiger partial charge >= 0.3 is 0 Å². The topological polar surface area (TPSA) is 9.23 Å². The van der Waals surface area contributed by atoms with Gasteiger partial charge in [-0.3, -0.25) is 0 Å². The quantitative estimate of drug-likeness (QED) is 0.484. The first-order valence-corrected chi connectivity index (χ1v) is 3.32. The second-order valence-corrected chi connectivity index (χ2v) is 3.09. The molecular weight excluding hydrogens is 140 g/mol. The Morgan fingerprint density at radius 2 is 2.25 bits per heavy atom. The van der Waals surface area contributed by atoms with Crippen LogP contribution in [0.4, 0.5) is 0 Å². The van der Waals surface area contributed by atoms with E-state index in [0.29, 0.717) is 10.8 Å². The molecule has 0 aromatic carbocycles. The Hall–Kier alpha value is 0.400. The van der Waals surface area contributed by atoms with Crippen LogP contribution in [0.3, 0.4) is 0 Å². The van der Waals surface area contributed by atoms with E-state index in [2.05, 4.69) is 24.8 Å². The predicted molar refractivity (Wildman–Crippen MR) is 42.7 cm³/mol. The van der Waals surface area contributed by atoms with E-state index in [4.69, 9.17) is 4.74 Å². The molecule has 0 aromatic rings. The van der Waals surface area contributed by atoms with Crippen molar-refractivity contribution < 1.29 is 4.74 Å². The minimum atomic E-state index is 0.250. The van der Waals surface area contributed by atoms with Gasteiger partial charge < -0.3 is 4.74 Å². The van der Waals surface area contributed by atoms with Gasteiger partial charge in [-0.05, 0) is 13.8 Å². The summed E-state index contributed by atoms with van der Waals surface area (Å²) in [4.78, 5) is 0. The van der Waals surface area contributed by atoms with Crippen LogP contribution < -0.4 is 0 Å². The van der Waals surface area contributed by atoms with Crippen molar-refractivity contribution in [3.05, 3.63) is 0 Å². The van der Waals surface area contributed by atoms with Crippen LogP contribution in [-0.4, -0.2) is 16.9 Å². The molecular formula is C5H10OS2. The number of thiocarbonyl (C=S) groups is 1. The third-order valence-electron chi connectivity index (χ3n) is 0.540. The highest BCUT2D eigenvalue weighted by Gasteiger charge is 1.92. The van der Waals surface area contributed by atoms with Crippen molar-refractivity contribution in [2.75, 3.05) is 6.61 Å². The molecule has 48 valence electrons. The number of rotatable bonds is 3. The molecule has 0 aliphatic heterocycles. The normalized spacial score (nSPS) is 10.0. The molecule has 0 saturated carbocycles. The van der Waals surface area contributed by atoms with Crippen LogP contribution in [0.25, 0.3) is 0 Å². The van der Waals surface area contributed by atoms with Crippen LogP contribution in [-0.2, 0) is 4.74 Å². The smallest absolute Gasteiger partial charge is 0.0878 e. The van der Waals surface area contributed by atoms with E-state index in [9.17, 15) is 0 Å². The first-order valence-electron chi connectivity index (χ1n) is 2.46. The van der Waals surface area contributed by atoms with Crippen molar-refractivity contribution in [2.45, 2.75) is 20.0 Å². The van der Waals surface area contributed by atoms with E-state index in [1.165, 1.54) is 0 Å². The number of thiol groups is 1. The number of ether oxygens (including phenoxy) is 1. The van der Waals surface area contributed by atoms with Crippen LogP contribution in [0.5, 0.6) is 0 Å². The fraction of sp³-hybridized carbons (Fsp3) is 0.800. The molecule has 1 nitrogen and oxygen atoms in total. The van der Waals surface area contributed by atoms with Gasteiger partial charge in [-0.25, -0.2) is 0 Å². The molecule has 3 heteroatoms. The summed E-state index contributed by atoms with van der Waals surface area (Å²) in [6.07, 6.45) is 0.250. The Balaban J connectivity index is 3.05. The van der Waals surface area contributed by atoms with Crippen LogP contribution >= 0.6 is 24.8 Å². The highest BCUT2D eigenvalue weighted by atomic mass is 32.1. The Morgan fingerprint density at radius 3 is 2.38 bits per heavy atom. The molecule has 0 unspecified atom stereocenters. The van der Waals surface area contributed by atoms with Crippen LogP contribution in [0, 0.1) is 0 Å². The molecule has 0 spiro atoms. The van der Waals surface area contributed by atoms with E-state index >= 15 is 0 Å². The summed E-state index contributed by atoms with van der Waals surface area (Å²) in [6, 6.07) is 0. The highest BCUT2D eigenvalue weighted by molar-refractivity contribution is 8.11. The second-order valence-electron chi connectivity index (χ2n) is 1.75. The lowest BCUT2D eigenvalue weighted by molar-refractivity contribution is 0.113. The molecule has 0 bridgehead atoms. The predicted octanol–water partition coefficient (Wildman–Crippen LogP) is 1.67. The molecule has 8 heavy (non-hydrogen) atoms. The van der Waals surface area contributed by atoms with Gasteiger partial charge in [0.1, 0.15) is 0 Å². The molecule has 0 heterocycles. The monoisotopic (exact) mass is 150 g/mol. The van der Waals surface area contributed by atoms with E-state index in [1.807, 2.05) is 13.8 Å². The average Bonchev–Trinajstić information content (AvgIpc) is 1.61. The second kappa shape index (κ2) is 4.30. The first-order chi connectivity index (χ1) is 3.63. The van der Waals surface area contributed by atoms with Gasteiger partial charge in [0.05, 0.1) is 16.9 Å². The zero-order valence-electron chi connectivity index (χ0n) is 5.05. The zero-order valence-corrected chi connectivity index (χ0v) is 6.76. The van der Waals surface area contributed by atoms with Crippen molar-refractivity contribution in [3.8, 4) is 0 Å². The SMILES string of the molecule is CC(C)OCC(=S)S. The van der Waals surface area contributed by atoms with Crippen molar-refractivity contribution in [1.82, 2.24) is 0 Å². The Labute approximate surface area is 60.8 Å². The summed E-state index contributed by atoms with van der Waals surface area (Å²) in [5, 5.41) is 0. The summed E-state index contributed by atoms with van der Waals surface area (Å²) in [6.45, 7) is 4.41. The summed E-state index contributed by atoms with van der Waals surface area (Å²) < 4.78 is 5.70. The van der Waals surface area contributed by atoms with Gasteiger partial charge in [0.2, 0.25) is 0 Å². The largest absolute Gasteiger partial charge is 0.373 e. The minimum absolute atomic E-state index is 0.250. The molecule has 0 aliphatic carbocycles. The lowest BCUT2D eigenvalue weighted by Gasteiger charge is -2.03. The Kier molecular flexibility index (Phi) is 4.51. The van der Waals surface area contributed by atoms with Crippen molar-refractivity contribution in [1.29, 1.82) is 0 Å². The average molecular weight is 150 g/mol. The van der Waals surface area contributed by atoms with Gasteiger partial charge in [-0.1, -0.05) is 12.2 Å². The molecule has 0 fully saturated rings. The van der Waals surface area contributed by atoms with Gasteiger partial charge in [-0.2, -0.15) is 0 Å². The molecule has 0 N–H and O–H groups in total. The van der Waals surface area contributed by atoms with Crippen molar-refractivity contribution in [3.63, 3.8) is 0 Å². The minimum Gasteiger partial charge on any atom is -0.373 e. The third-order valence-corrected chi connectivity index (χ3v) is 0.787. The lowest BCUT2D eigenvalue weighted by Crippen LogP contribution is -2.06. The fourth-order valence-electron chi connectivity index (χ4n) is 0.238. The van der Waals surface area contributed by atoms with Gasteiger partial charge in [0, 0.05) is 0 Å². The third kappa shape index (κ3) is 6.40. The van der Waals surface area contributed by atoms with Crippen LogP contribution in [0.1, 0.15) is 13.8 Å². The van der Waals surface area contributed by atoms with Crippen molar-refractivity contribution >= 4 is 29.0 Å². The molecule has 0 rings (SSSR count). The molecule has 0 amide bonds. The molecule has 0 atom stereocenters. The Morgan fingerprint density at radius 1 is 1.75 bits per heavy atom. The first kappa shape index (κ1) is 8.40. The molecule has 0 saturated heterocycles. The van der Waals surface area contributed by atoms with E-state index in [1.54, 1.807) is 0 Å².